The maximum absolute atomic E-state index is 3.77. The Morgan fingerprint density at radius 1 is 1.42 bits per heavy atom. The Labute approximate surface area is 81.7 Å². The first kappa shape index (κ1) is 9.27. The van der Waals surface area contributed by atoms with E-state index in [-0.39, 0.29) is 0 Å². The largest absolute Gasteiger partial charge is 0.0984 e. The van der Waals surface area contributed by atoms with Gasteiger partial charge < -0.3 is 0 Å². The van der Waals surface area contributed by atoms with Crippen molar-refractivity contribution in [3.63, 3.8) is 0 Å². The fraction of sp³-hybridized carbons (Fsp3) is 0.0909. The van der Waals surface area contributed by atoms with E-state index in [9.17, 15) is 0 Å². The van der Waals surface area contributed by atoms with E-state index in [1.54, 1.807) is 0 Å². The third kappa shape index (κ3) is 1.86. The SMILES string of the molecule is C=Cc1c(Br)cccc1/C=C\C. The third-order valence-corrected chi connectivity index (χ3v) is 2.33. The molecule has 1 rings (SSSR count). The lowest BCUT2D eigenvalue weighted by atomic mass is 10.1. The van der Waals surface area contributed by atoms with Gasteiger partial charge in [-0.1, -0.05) is 52.9 Å². The van der Waals surface area contributed by atoms with Crippen LogP contribution in [-0.4, -0.2) is 0 Å². The summed E-state index contributed by atoms with van der Waals surface area (Å²) in [5, 5.41) is 0. The molecule has 1 aromatic carbocycles. The molecule has 0 bridgehead atoms. The fourth-order valence-corrected chi connectivity index (χ4v) is 1.64. The molecule has 1 heteroatoms. The Kier molecular flexibility index (Phi) is 3.30. The molecule has 0 nitrogen and oxygen atoms in total. The van der Waals surface area contributed by atoms with E-state index in [0.717, 1.165) is 10.0 Å². The summed E-state index contributed by atoms with van der Waals surface area (Å²) in [5.74, 6) is 0. The summed E-state index contributed by atoms with van der Waals surface area (Å²) in [5.41, 5.74) is 2.34. The van der Waals surface area contributed by atoms with Gasteiger partial charge in [0.2, 0.25) is 0 Å². The molecule has 0 aromatic heterocycles. The van der Waals surface area contributed by atoms with Crippen LogP contribution in [0, 0.1) is 0 Å². The van der Waals surface area contributed by atoms with Gasteiger partial charge in [-0.2, -0.15) is 0 Å². The van der Waals surface area contributed by atoms with Gasteiger partial charge in [-0.15, -0.1) is 0 Å². The third-order valence-electron chi connectivity index (χ3n) is 1.64. The van der Waals surface area contributed by atoms with E-state index in [4.69, 9.17) is 0 Å². The molecule has 0 atom stereocenters. The van der Waals surface area contributed by atoms with Gasteiger partial charge in [-0.25, -0.2) is 0 Å². The molecule has 0 saturated carbocycles. The summed E-state index contributed by atoms with van der Waals surface area (Å²) in [6, 6.07) is 6.11. The lowest BCUT2D eigenvalue weighted by Crippen LogP contribution is -1.80. The van der Waals surface area contributed by atoms with E-state index in [0.29, 0.717) is 0 Å². The first-order chi connectivity index (χ1) is 5.79. The van der Waals surface area contributed by atoms with Crippen molar-refractivity contribution in [2.45, 2.75) is 6.92 Å². The predicted octanol–water partition coefficient (Wildman–Crippen LogP) is 4.13. The first-order valence-corrected chi connectivity index (χ1v) is 4.62. The van der Waals surface area contributed by atoms with Crippen LogP contribution in [-0.2, 0) is 0 Å². The van der Waals surface area contributed by atoms with Gasteiger partial charge in [-0.3, -0.25) is 0 Å². The van der Waals surface area contributed by atoms with Gasteiger partial charge in [0.05, 0.1) is 0 Å². The molecule has 12 heavy (non-hydrogen) atoms. The average Bonchev–Trinajstić information content (AvgIpc) is 2.05. The quantitative estimate of drug-likeness (QED) is 0.707. The Bertz CT molecular complexity index is 311. The van der Waals surface area contributed by atoms with E-state index in [1.165, 1.54) is 5.56 Å². The molecule has 0 unspecified atom stereocenters. The van der Waals surface area contributed by atoms with E-state index in [1.807, 2.05) is 31.2 Å². The van der Waals surface area contributed by atoms with Crippen LogP contribution in [0.3, 0.4) is 0 Å². The first-order valence-electron chi connectivity index (χ1n) is 3.83. The van der Waals surface area contributed by atoms with Crippen LogP contribution >= 0.6 is 15.9 Å². The molecule has 0 aliphatic rings. The molecule has 62 valence electrons. The van der Waals surface area contributed by atoms with Crippen molar-refractivity contribution in [1.29, 1.82) is 0 Å². The summed E-state index contributed by atoms with van der Waals surface area (Å²) in [6.45, 7) is 5.78. The number of benzene rings is 1. The maximum atomic E-state index is 3.77. The number of halogens is 1. The Balaban J connectivity index is 3.27. The topological polar surface area (TPSA) is 0 Å². The van der Waals surface area contributed by atoms with Crippen molar-refractivity contribution < 1.29 is 0 Å². The molecule has 0 aliphatic heterocycles. The van der Waals surface area contributed by atoms with Crippen LogP contribution in [0.1, 0.15) is 18.1 Å². The second-order valence-corrected chi connectivity index (χ2v) is 3.30. The Morgan fingerprint density at radius 3 is 2.75 bits per heavy atom. The lowest BCUT2D eigenvalue weighted by Gasteiger charge is -2.02. The summed E-state index contributed by atoms with van der Waals surface area (Å²) in [6.07, 6.45) is 5.95. The summed E-state index contributed by atoms with van der Waals surface area (Å²) < 4.78 is 1.09. The highest BCUT2D eigenvalue weighted by Gasteiger charge is 1.98. The van der Waals surface area contributed by atoms with Crippen LogP contribution < -0.4 is 0 Å². The predicted molar refractivity (Wildman–Crippen MR) is 58.9 cm³/mol. The number of hydrogen-bond donors (Lipinski definition) is 0. The molecule has 0 spiro atoms. The molecule has 0 radical (unpaired) electrons. The second kappa shape index (κ2) is 4.27. The summed E-state index contributed by atoms with van der Waals surface area (Å²) in [7, 11) is 0. The minimum absolute atomic E-state index is 1.09. The highest BCUT2D eigenvalue weighted by molar-refractivity contribution is 9.10. The van der Waals surface area contributed by atoms with Crippen LogP contribution in [0.2, 0.25) is 0 Å². The molecule has 0 aliphatic carbocycles. The molecule has 0 heterocycles. The van der Waals surface area contributed by atoms with Crippen LogP contribution in [0.4, 0.5) is 0 Å². The molecule has 0 fully saturated rings. The summed E-state index contributed by atoms with van der Waals surface area (Å²) >= 11 is 3.47. The smallest absolute Gasteiger partial charge is 0.0253 e. The van der Waals surface area contributed by atoms with E-state index in [2.05, 4.69) is 34.7 Å². The fourth-order valence-electron chi connectivity index (χ4n) is 1.09. The van der Waals surface area contributed by atoms with Crippen LogP contribution in [0.15, 0.2) is 35.3 Å². The van der Waals surface area contributed by atoms with E-state index >= 15 is 0 Å². The van der Waals surface area contributed by atoms with E-state index < -0.39 is 0 Å². The minimum Gasteiger partial charge on any atom is -0.0984 e. The molecule has 1 aromatic rings. The normalized spacial score (nSPS) is 10.5. The van der Waals surface area contributed by atoms with Crippen molar-refractivity contribution in [1.82, 2.24) is 0 Å². The van der Waals surface area contributed by atoms with Crippen molar-refractivity contribution in [2.24, 2.45) is 0 Å². The van der Waals surface area contributed by atoms with Crippen molar-refractivity contribution in [2.75, 3.05) is 0 Å². The van der Waals surface area contributed by atoms with Gasteiger partial charge in [0.15, 0.2) is 0 Å². The van der Waals surface area contributed by atoms with Gasteiger partial charge in [-0.05, 0) is 24.1 Å². The molecule has 0 saturated heterocycles. The molecular formula is C11H11Br. The number of hydrogen-bond acceptors (Lipinski definition) is 0. The lowest BCUT2D eigenvalue weighted by molar-refractivity contribution is 1.56. The van der Waals surface area contributed by atoms with Crippen molar-refractivity contribution >= 4 is 28.1 Å². The highest BCUT2D eigenvalue weighted by Crippen LogP contribution is 2.22. The van der Waals surface area contributed by atoms with Crippen LogP contribution in [0.25, 0.3) is 12.2 Å². The molecule has 0 N–H and O–H groups in total. The van der Waals surface area contributed by atoms with Crippen molar-refractivity contribution in [3.05, 3.63) is 46.5 Å². The molecule has 0 amide bonds. The second-order valence-electron chi connectivity index (χ2n) is 2.45. The number of rotatable bonds is 2. The van der Waals surface area contributed by atoms with Crippen LogP contribution in [0.5, 0.6) is 0 Å². The standard InChI is InChI=1S/C11H11Br/c1-3-6-9-7-5-8-11(12)10(9)4-2/h3-8H,2H2,1H3/b6-3-. The van der Waals surface area contributed by atoms with Gasteiger partial charge >= 0.3 is 0 Å². The minimum atomic E-state index is 1.09. The summed E-state index contributed by atoms with van der Waals surface area (Å²) in [4.78, 5) is 0. The van der Waals surface area contributed by atoms with Gasteiger partial charge in [0.25, 0.3) is 0 Å². The monoisotopic (exact) mass is 222 g/mol. The Hall–Kier alpha value is -0.820. The zero-order valence-corrected chi connectivity index (χ0v) is 8.64. The van der Waals surface area contributed by atoms with Gasteiger partial charge in [0, 0.05) is 4.47 Å². The Morgan fingerprint density at radius 2 is 2.17 bits per heavy atom. The highest BCUT2D eigenvalue weighted by atomic mass is 79.9. The molecular weight excluding hydrogens is 212 g/mol. The van der Waals surface area contributed by atoms with Crippen molar-refractivity contribution in [3.8, 4) is 0 Å². The average molecular weight is 223 g/mol. The number of allylic oxidation sites excluding steroid dienone is 1. The van der Waals surface area contributed by atoms with Gasteiger partial charge in [0.1, 0.15) is 0 Å². The zero-order valence-electron chi connectivity index (χ0n) is 7.05. The maximum Gasteiger partial charge on any atom is 0.0253 e. The zero-order chi connectivity index (χ0) is 8.97.